The van der Waals surface area contributed by atoms with E-state index in [1.54, 1.807) is 78.8 Å². The van der Waals surface area contributed by atoms with Crippen molar-refractivity contribution in [3.05, 3.63) is 249 Å². The number of hydrogen-bond acceptors (Lipinski definition) is 0. The van der Waals surface area contributed by atoms with E-state index in [9.17, 15) is 0 Å². The zero-order valence-corrected chi connectivity index (χ0v) is 37.1. The van der Waals surface area contributed by atoms with E-state index in [-0.39, 0.29) is 119 Å². The Balaban J connectivity index is 0.000000239. The van der Waals surface area contributed by atoms with Crippen molar-refractivity contribution in [2.45, 2.75) is 94.7 Å². The van der Waals surface area contributed by atoms with Crippen LogP contribution in [0.15, 0.2) is 194 Å². The number of benzene rings is 8. The first-order valence-corrected chi connectivity index (χ1v) is 19.9. The number of hydrogen-bond donors (Lipinski definition) is 0. The van der Waals surface area contributed by atoms with Crippen molar-refractivity contribution >= 4 is 0 Å². The van der Waals surface area contributed by atoms with Crippen LogP contribution in [-0.2, 0) is 0 Å². The van der Waals surface area contributed by atoms with Crippen LogP contribution in [0.1, 0.15) is 131 Å². The lowest BCUT2D eigenvalue weighted by Crippen LogP contribution is -1.92. The summed E-state index contributed by atoms with van der Waals surface area (Å²) in [6.07, 6.45) is 0. The predicted octanol–water partition coefficient (Wildman–Crippen LogP) is 18.1. The van der Waals surface area contributed by atoms with E-state index >= 15 is 0 Å². The van der Waals surface area contributed by atoms with E-state index in [0.717, 1.165) is 22.3 Å². The minimum absolute atomic E-state index is 0.0229. The summed E-state index contributed by atoms with van der Waals surface area (Å²) in [6, 6.07) is 21.5. The molecule has 0 aliphatic heterocycles. The van der Waals surface area contributed by atoms with Gasteiger partial charge in [-0.15, -0.1) is 0 Å². The molecule has 0 spiro atoms. The molecule has 0 atom stereocenters. The van der Waals surface area contributed by atoms with Gasteiger partial charge in [0.15, 0.2) is 0 Å². The topological polar surface area (TPSA) is 0 Å². The summed E-state index contributed by atoms with van der Waals surface area (Å²) in [5, 5.41) is 0. The maximum atomic E-state index is 8.20. The molecule has 0 aromatic heterocycles. The summed E-state index contributed by atoms with van der Waals surface area (Å²) in [5.41, 5.74) is 7.59. The van der Waals surface area contributed by atoms with Gasteiger partial charge in [-0.25, -0.2) is 0 Å². The molecule has 0 amide bonds. The van der Waals surface area contributed by atoms with Crippen LogP contribution >= 0.6 is 0 Å². The van der Waals surface area contributed by atoms with Crippen molar-refractivity contribution in [2.75, 3.05) is 0 Å². The van der Waals surface area contributed by atoms with Crippen molar-refractivity contribution < 1.29 is 35.6 Å². The molecule has 0 fully saturated rings. The third-order valence-corrected chi connectivity index (χ3v) is 9.17. The zero-order chi connectivity index (χ0) is 67.5. The van der Waals surface area contributed by atoms with Crippen LogP contribution in [-0.4, -0.2) is 0 Å². The highest BCUT2D eigenvalue weighted by molar-refractivity contribution is 5.68. The van der Waals surface area contributed by atoms with Crippen molar-refractivity contribution in [2.24, 2.45) is 0 Å². The molecular formula is C62H70. The van der Waals surface area contributed by atoms with Gasteiger partial charge in [-0.1, -0.05) is 238 Å². The molecule has 62 heavy (non-hydrogen) atoms. The van der Waals surface area contributed by atoms with Gasteiger partial charge >= 0.3 is 0 Å². The minimum atomic E-state index is -2.26. The molecule has 318 valence electrons. The Hall–Kier alpha value is -6.24. The fraction of sp³-hybridized carbons (Fsp3) is 0.226. The van der Waals surface area contributed by atoms with Gasteiger partial charge in [0.05, 0.1) is 24.7 Å². The van der Waals surface area contributed by atoms with E-state index in [1.807, 2.05) is 50.2 Å². The summed E-state index contributed by atoms with van der Waals surface area (Å²) in [4.78, 5) is 0. The van der Waals surface area contributed by atoms with Gasteiger partial charge in [-0.2, -0.15) is 0 Å². The summed E-state index contributed by atoms with van der Waals surface area (Å²) >= 11 is 0. The van der Waals surface area contributed by atoms with Crippen LogP contribution < -0.4 is 0 Å². The Morgan fingerprint density at radius 1 is 0.387 bits per heavy atom. The minimum Gasteiger partial charge on any atom is -0.0622 e. The molecule has 0 heteroatoms. The number of rotatable bonds is 5. The lowest BCUT2D eigenvalue weighted by atomic mass is 9.93. The van der Waals surface area contributed by atoms with Crippen LogP contribution in [0.3, 0.4) is 0 Å². The van der Waals surface area contributed by atoms with Gasteiger partial charge in [0.25, 0.3) is 0 Å². The van der Waals surface area contributed by atoms with Crippen molar-refractivity contribution in [1.82, 2.24) is 0 Å². The molecule has 0 bridgehead atoms. The molecule has 0 aliphatic rings. The number of aryl methyl sites for hydroxylation is 4. The van der Waals surface area contributed by atoms with Gasteiger partial charge in [-0.3, -0.25) is 0 Å². The highest BCUT2D eigenvalue weighted by Crippen LogP contribution is 2.28. The molecule has 0 heterocycles. The molecule has 0 unspecified atom stereocenters. The van der Waals surface area contributed by atoms with E-state index in [0.29, 0.717) is 44.5 Å². The lowest BCUT2D eigenvalue weighted by Gasteiger charge is -2.12. The van der Waals surface area contributed by atoms with Crippen LogP contribution in [0.2, 0.25) is 0 Å². The highest BCUT2D eigenvalue weighted by Gasteiger charge is 2.07. The Morgan fingerprint density at radius 3 is 1.37 bits per heavy atom. The molecule has 0 nitrogen and oxygen atoms in total. The van der Waals surface area contributed by atoms with Crippen molar-refractivity contribution in [3.63, 3.8) is 0 Å². The average molecular weight is 841 g/mol. The average Bonchev–Trinajstić information content (AvgIpc) is 0.845. The summed E-state index contributed by atoms with van der Waals surface area (Å²) in [5.74, 6) is -1.65. The smallest absolute Gasteiger partial charge is 0.0622 e. The third kappa shape index (κ3) is 15.7. The molecular weight excluding hydrogens is 745 g/mol. The van der Waals surface area contributed by atoms with Gasteiger partial charge in [0.1, 0.15) is 0 Å². The third-order valence-electron chi connectivity index (χ3n) is 9.17. The fourth-order valence-electron chi connectivity index (χ4n) is 5.49. The zero-order valence-electron chi connectivity index (χ0n) is 63.1. The molecule has 0 saturated carbocycles. The van der Waals surface area contributed by atoms with E-state index < -0.39 is 37.6 Å². The second kappa shape index (κ2) is 24.9. The van der Waals surface area contributed by atoms with Gasteiger partial charge in [0, 0.05) is 11.0 Å². The SMILES string of the molecule is [2H]C([2H])([2H])c1cccc(C([2H])([2H])[2H])c1C.[2H]c1c([2H])c(-c2ccccc2)c([2H])c([2H])c1C.[2H]c1c([2H])c(C)c([2H])c([2H])c1C.[2H]c1c([2H])c([2H])c(-c2cc(C([2H])(C)C)ccc2C)c([2H])c1[2H].[2H]c1c([2H])c([2H])c(-c2ccc(C)c(C([2H])(C)C)c2)c([2H])c1[2H]. The fourth-order valence-corrected chi connectivity index (χ4v) is 5.49. The van der Waals surface area contributed by atoms with Crippen LogP contribution in [0.5, 0.6) is 0 Å². The van der Waals surface area contributed by atoms with Crippen molar-refractivity contribution in [3.8, 4) is 33.4 Å². The van der Waals surface area contributed by atoms with E-state index in [2.05, 4.69) is 0 Å². The molecule has 0 radical (unpaired) electrons. The lowest BCUT2D eigenvalue weighted by molar-refractivity contribution is 0.857. The Bertz CT molecular complexity index is 3660. The summed E-state index contributed by atoms with van der Waals surface area (Å²) in [7, 11) is 0. The molecule has 0 aliphatic carbocycles. The normalized spacial score (nSPS) is 16.9. The largest absolute Gasteiger partial charge is 0.0629 e. The summed E-state index contributed by atoms with van der Waals surface area (Å²) < 4.78 is 200. The molecule has 8 rings (SSSR count). The van der Waals surface area contributed by atoms with Gasteiger partial charge in [-0.05, 0) is 139 Å². The molecule has 8 aromatic rings. The maximum absolute atomic E-state index is 8.20. The Morgan fingerprint density at radius 2 is 0.871 bits per heavy atom. The first-order chi connectivity index (χ1) is 40.2. The van der Waals surface area contributed by atoms with Crippen LogP contribution in [0.4, 0.5) is 0 Å². The standard InChI is InChI=1S/2C16H18.C13H12.C9H12.C8H10/c1-12(2)16-11-15(10-9-13(16)3)14-7-5-4-6-8-14;1-12(2)15-10-9-13(3)16(11-15)14-7-5-4-6-8-14;1-11-7-9-13(10-8-11)12-5-3-2-4-6-12;1-7-5-4-6-8(2)9(7)3;1-7-3-5-8(2)6-4-7/h2*4-12H,1-3H3;2-10H,1H3;4-6H,1-3H3;3-6H,1-2H3/i2*4D,5D,6D,7D,8D,12D;7D,8D,9D,10D;1D3,2D3;3D,4D,5D,6D. The van der Waals surface area contributed by atoms with Gasteiger partial charge in [0.2, 0.25) is 0 Å². The first-order valence-electron chi connectivity index (χ1n) is 32.9. The predicted molar refractivity (Wildman–Crippen MR) is 275 cm³/mol. The second-order valence-electron chi connectivity index (χ2n) is 14.7. The summed E-state index contributed by atoms with van der Waals surface area (Å²) in [6.45, 7) is 12.6. The first kappa shape index (κ1) is 23.3. The quantitative estimate of drug-likeness (QED) is 0.162. The molecule has 0 N–H and O–H groups in total. The highest BCUT2D eigenvalue weighted by atomic mass is 14.1. The van der Waals surface area contributed by atoms with Crippen molar-refractivity contribution in [1.29, 1.82) is 0 Å². The Kier molecular flexibility index (Phi) is 9.34. The molecule has 0 saturated heterocycles. The monoisotopic (exact) mass is 841 g/mol. The van der Waals surface area contributed by atoms with Crippen LogP contribution in [0, 0.1) is 55.2 Å². The Labute approximate surface area is 412 Å². The van der Waals surface area contributed by atoms with Crippen LogP contribution in [0.25, 0.3) is 33.4 Å². The second-order valence-corrected chi connectivity index (χ2v) is 14.7. The van der Waals surface area contributed by atoms with E-state index in [4.69, 9.17) is 35.6 Å². The van der Waals surface area contributed by atoms with E-state index in [1.165, 1.54) is 25.1 Å². The maximum Gasteiger partial charge on any atom is 0.0629 e. The van der Waals surface area contributed by atoms with Gasteiger partial charge < -0.3 is 0 Å². The molecule has 8 aromatic carbocycles.